The van der Waals surface area contributed by atoms with Crippen molar-refractivity contribution in [2.24, 2.45) is 0 Å². The predicted molar refractivity (Wildman–Crippen MR) is 84.7 cm³/mol. The molecule has 0 unspecified atom stereocenters. The predicted octanol–water partition coefficient (Wildman–Crippen LogP) is 5.06. The van der Waals surface area contributed by atoms with Gasteiger partial charge < -0.3 is 0 Å². The summed E-state index contributed by atoms with van der Waals surface area (Å²) in [6.07, 6.45) is 1.85. The first-order valence-corrected chi connectivity index (χ1v) is 6.75. The summed E-state index contributed by atoms with van der Waals surface area (Å²) in [5, 5.41) is 5.02. The van der Waals surface area contributed by atoms with Gasteiger partial charge in [0.15, 0.2) is 0 Å². The highest BCUT2D eigenvalue weighted by Crippen LogP contribution is 2.34. The van der Waals surface area contributed by atoms with Crippen molar-refractivity contribution in [2.75, 3.05) is 0 Å². The van der Waals surface area contributed by atoms with Crippen molar-refractivity contribution < 1.29 is 0 Å². The maximum Gasteiger partial charge on any atom is 0.0714 e. The van der Waals surface area contributed by atoms with Gasteiger partial charge in [-0.2, -0.15) is 0 Å². The average Bonchev–Trinajstić information content (AvgIpc) is 2.53. The Hall–Kier alpha value is -2.67. The lowest BCUT2D eigenvalue weighted by atomic mass is 9.94. The van der Waals surface area contributed by atoms with Crippen molar-refractivity contribution in [1.82, 2.24) is 4.98 Å². The first kappa shape index (κ1) is 11.2. The van der Waals surface area contributed by atoms with E-state index in [1.165, 1.54) is 27.1 Å². The monoisotopic (exact) mass is 255 g/mol. The summed E-state index contributed by atoms with van der Waals surface area (Å²) in [5.74, 6) is 0. The Kier molecular flexibility index (Phi) is 2.49. The highest BCUT2D eigenvalue weighted by atomic mass is 14.7. The fourth-order valence-electron chi connectivity index (χ4n) is 2.80. The molecule has 94 valence electrons. The molecule has 0 radical (unpaired) electrons. The lowest BCUT2D eigenvalue weighted by Crippen LogP contribution is -1.87. The van der Waals surface area contributed by atoms with Crippen molar-refractivity contribution in [1.29, 1.82) is 0 Å². The highest BCUT2D eigenvalue weighted by molar-refractivity contribution is 6.11. The third-order valence-electron chi connectivity index (χ3n) is 3.69. The van der Waals surface area contributed by atoms with Crippen molar-refractivity contribution in [2.45, 2.75) is 0 Å². The minimum atomic E-state index is 1.03. The van der Waals surface area contributed by atoms with Gasteiger partial charge in [0.05, 0.1) is 5.69 Å². The van der Waals surface area contributed by atoms with Gasteiger partial charge in [-0.1, -0.05) is 54.6 Å². The molecule has 0 amide bonds. The number of nitrogens with zero attached hydrogens (tertiary/aromatic N) is 1. The Bertz CT molecular complexity index is 841. The molecule has 0 bridgehead atoms. The van der Waals surface area contributed by atoms with Gasteiger partial charge in [0, 0.05) is 11.8 Å². The summed E-state index contributed by atoms with van der Waals surface area (Å²) in [4.78, 5) is 4.55. The molecule has 0 aliphatic carbocycles. The summed E-state index contributed by atoms with van der Waals surface area (Å²) in [6, 6.07) is 25.3. The van der Waals surface area contributed by atoms with Crippen molar-refractivity contribution in [3.05, 3.63) is 79.0 Å². The summed E-state index contributed by atoms with van der Waals surface area (Å²) < 4.78 is 0. The van der Waals surface area contributed by atoms with Crippen molar-refractivity contribution in [3.63, 3.8) is 0 Å². The van der Waals surface area contributed by atoms with Gasteiger partial charge in [-0.25, -0.2) is 0 Å². The zero-order chi connectivity index (χ0) is 13.4. The number of benzene rings is 3. The summed E-state index contributed by atoms with van der Waals surface area (Å²) in [5.41, 5.74) is 2.25. The molecule has 0 atom stereocenters. The lowest BCUT2D eigenvalue weighted by molar-refractivity contribution is 1.34. The fourth-order valence-corrected chi connectivity index (χ4v) is 2.80. The molecular weight excluding hydrogens is 242 g/mol. The van der Waals surface area contributed by atoms with E-state index < -0.39 is 0 Å². The molecule has 0 N–H and O–H groups in total. The molecule has 1 aromatic heterocycles. The molecule has 0 saturated carbocycles. The molecule has 0 saturated heterocycles. The Morgan fingerprint density at radius 1 is 0.600 bits per heavy atom. The van der Waals surface area contributed by atoms with Crippen LogP contribution >= 0.6 is 0 Å². The number of hydrogen-bond donors (Lipinski definition) is 0. The summed E-state index contributed by atoms with van der Waals surface area (Å²) >= 11 is 0. The standard InChI is InChI=1S/C19H13N/c1-3-9-16-14(7-1)13-15-8-2-4-10-17(15)19(16)18-11-5-6-12-20-18/h1-13H. The van der Waals surface area contributed by atoms with Crippen LogP contribution in [0.2, 0.25) is 0 Å². The lowest BCUT2D eigenvalue weighted by Gasteiger charge is -2.11. The first-order chi connectivity index (χ1) is 9.93. The van der Waals surface area contributed by atoms with Crippen LogP contribution in [0.5, 0.6) is 0 Å². The molecule has 0 fully saturated rings. The van der Waals surface area contributed by atoms with Crippen LogP contribution in [0.1, 0.15) is 0 Å². The van der Waals surface area contributed by atoms with Crippen molar-refractivity contribution in [3.8, 4) is 11.3 Å². The number of aromatic nitrogens is 1. The third-order valence-corrected chi connectivity index (χ3v) is 3.69. The number of fused-ring (bicyclic) bond motifs is 2. The number of hydrogen-bond acceptors (Lipinski definition) is 1. The van der Waals surface area contributed by atoms with Crippen LogP contribution < -0.4 is 0 Å². The van der Waals surface area contributed by atoms with E-state index in [1.54, 1.807) is 0 Å². The van der Waals surface area contributed by atoms with E-state index in [-0.39, 0.29) is 0 Å². The molecular formula is C19H13N. The van der Waals surface area contributed by atoms with Crippen LogP contribution in [0.25, 0.3) is 32.8 Å². The largest absolute Gasteiger partial charge is 0.256 e. The van der Waals surface area contributed by atoms with Crippen LogP contribution in [-0.2, 0) is 0 Å². The topological polar surface area (TPSA) is 12.9 Å². The number of pyridine rings is 1. The third kappa shape index (κ3) is 1.68. The van der Waals surface area contributed by atoms with E-state index in [2.05, 4.69) is 65.6 Å². The van der Waals surface area contributed by atoms with Gasteiger partial charge in [0.1, 0.15) is 0 Å². The molecule has 1 nitrogen and oxygen atoms in total. The van der Waals surface area contributed by atoms with Gasteiger partial charge in [-0.05, 0) is 39.7 Å². The van der Waals surface area contributed by atoms with E-state index in [0.29, 0.717) is 0 Å². The highest BCUT2D eigenvalue weighted by Gasteiger charge is 2.09. The molecule has 1 heteroatoms. The second-order valence-corrected chi connectivity index (χ2v) is 4.91. The van der Waals surface area contributed by atoms with Gasteiger partial charge in [-0.15, -0.1) is 0 Å². The Morgan fingerprint density at radius 3 is 1.80 bits per heavy atom. The normalized spacial score (nSPS) is 11.0. The number of rotatable bonds is 1. The zero-order valence-corrected chi connectivity index (χ0v) is 11.0. The molecule has 0 aliphatic heterocycles. The molecule has 0 spiro atoms. The van der Waals surface area contributed by atoms with Gasteiger partial charge >= 0.3 is 0 Å². The van der Waals surface area contributed by atoms with Crippen LogP contribution in [0.15, 0.2) is 79.0 Å². The van der Waals surface area contributed by atoms with Crippen molar-refractivity contribution >= 4 is 21.5 Å². The minimum absolute atomic E-state index is 1.03. The summed E-state index contributed by atoms with van der Waals surface area (Å²) in [7, 11) is 0. The van der Waals surface area contributed by atoms with Crippen LogP contribution in [0, 0.1) is 0 Å². The fraction of sp³-hybridized carbons (Fsp3) is 0. The molecule has 20 heavy (non-hydrogen) atoms. The molecule has 0 aliphatic rings. The molecule has 1 heterocycles. The van der Waals surface area contributed by atoms with Gasteiger partial charge in [0.2, 0.25) is 0 Å². The van der Waals surface area contributed by atoms with Gasteiger partial charge in [0.25, 0.3) is 0 Å². The van der Waals surface area contributed by atoms with E-state index in [1.807, 2.05) is 18.3 Å². The molecule has 3 aromatic carbocycles. The second kappa shape index (κ2) is 4.46. The maximum atomic E-state index is 4.55. The Morgan fingerprint density at radius 2 is 1.20 bits per heavy atom. The van der Waals surface area contributed by atoms with E-state index in [9.17, 15) is 0 Å². The quantitative estimate of drug-likeness (QED) is 0.433. The average molecular weight is 255 g/mol. The SMILES string of the molecule is c1ccc(-c2c3ccccc3cc3ccccc23)nc1. The maximum absolute atomic E-state index is 4.55. The Labute approximate surface area is 117 Å². The smallest absolute Gasteiger partial charge is 0.0714 e. The van der Waals surface area contributed by atoms with E-state index in [4.69, 9.17) is 0 Å². The van der Waals surface area contributed by atoms with Crippen LogP contribution in [-0.4, -0.2) is 4.98 Å². The molecule has 4 rings (SSSR count). The molecule has 4 aromatic rings. The minimum Gasteiger partial charge on any atom is -0.256 e. The van der Waals surface area contributed by atoms with E-state index >= 15 is 0 Å². The van der Waals surface area contributed by atoms with Crippen LogP contribution in [0.3, 0.4) is 0 Å². The second-order valence-electron chi connectivity index (χ2n) is 4.91. The Balaban J connectivity index is 2.24. The first-order valence-electron chi connectivity index (χ1n) is 6.75. The van der Waals surface area contributed by atoms with E-state index in [0.717, 1.165) is 5.69 Å². The zero-order valence-electron chi connectivity index (χ0n) is 11.0. The van der Waals surface area contributed by atoms with Crippen LogP contribution in [0.4, 0.5) is 0 Å². The van der Waals surface area contributed by atoms with Gasteiger partial charge in [-0.3, -0.25) is 4.98 Å². The summed E-state index contributed by atoms with van der Waals surface area (Å²) in [6.45, 7) is 0.